The topological polar surface area (TPSA) is 86.8 Å². The third-order valence-corrected chi connectivity index (χ3v) is 8.16. The first-order chi connectivity index (χ1) is 18.8. The zero-order valence-corrected chi connectivity index (χ0v) is 24.5. The van der Waals surface area contributed by atoms with Crippen molar-refractivity contribution in [1.82, 2.24) is 10.2 Å². The second-order valence-electron chi connectivity index (χ2n) is 10.8. The summed E-state index contributed by atoms with van der Waals surface area (Å²) in [6, 6.07) is 20.0. The maximum Gasteiger partial charge on any atom is 0.264 e. The molecule has 0 spiro atoms. The van der Waals surface area contributed by atoms with Crippen LogP contribution in [0.4, 0.5) is 10.1 Å². The van der Waals surface area contributed by atoms with E-state index >= 15 is 0 Å². The molecule has 0 saturated heterocycles. The maximum absolute atomic E-state index is 14.0. The average molecular weight is 568 g/mol. The highest BCUT2D eigenvalue weighted by molar-refractivity contribution is 7.92. The zero-order valence-electron chi connectivity index (χ0n) is 23.7. The van der Waals surface area contributed by atoms with Gasteiger partial charge in [0, 0.05) is 12.1 Å². The fourth-order valence-corrected chi connectivity index (χ4v) is 5.74. The SMILES string of the molecule is CC[C@@H](C(=O)NC(C)(C)C)N(CCc1ccccc1)C(=O)CN(c1ccc(F)cc1)S(=O)(=O)c1ccc(C)cc1. The number of carbonyl (C=O) groups excluding carboxylic acids is 2. The molecule has 0 unspecified atom stereocenters. The third-order valence-electron chi connectivity index (χ3n) is 6.37. The number of nitrogens with one attached hydrogen (secondary N) is 1. The molecule has 0 fully saturated rings. The molecule has 0 radical (unpaired) electrons. The highest BCUT2D eigenvalue weighted by Gasteiger charge is 2.34. The monoisotopic (exact) mass is 567 g/mol. The molecule has 1 atom stereocenters. The van der Waals surface area contributed by atoms with Gasteiger partial charge in [-0.25, -0.2) is 12.8 Å². The van der Waals surface area contributed by atoms with E-state index in [1.165, 1.54) is 29.2 Å². The van der Waals surface area contributed by atoms with Crippen LogP contribution in [0.3, 0.4) is 0 Å². The highest BCUT2D eigenvalue weighted by Crippen LogP contribution is 2.25. The summed E-state index contributed by atoms with van der Waals surface area (Å²) in [7, 11) is -4.20. The van der Waals surface area contributed by atoms with Crippen molar-refractivity contribution in [2.75, 3.05) is 17.4 Å². The quantitative estimate of drug-likeness (QED) is 0.350. The Hall–Kier alpha value is -3.72. The number of nitrogens with zero attached hydrogens (tertiary/aromatic N) is 2. The number of anilines is 1. The van der Waals surface area contributed by atoms with E-state index in [9.17, 15) is 22.4 Å². The van der Waals surface area contributed by atoms with E-state index in [4.69, 9.17) is 0 Å². The molecule has 0 saturated carbocycles. The Labute approximate surface area is 237 Å². The fourth-order valence-electron chi connectivity index (χ4n) is 4.32. The molecule has 0 aliphatic rings. The molecule has 1 N–H and O–H groups in total. The molecule has 2 amide bonds. The van der Waals surface area contributed by atoms with E-state index in [0.29, 0.717) is 12.8 Å². The number of benzene rings is 3. The van der Waals surface area contributed by atoms with Crippen molar-refractivity contribution in [2.24, 2.45) is 0 Å². The summed E-state index contributed by atoms with van der Waals surface area (Å²) in [5.41, 5.74) is 1.48. The van der Waals surface area contributed by atoms with Gasteiger partial charge in [0.25, 0.3) is 10.0 Å². The molecule has 9 heteroatoms. The van der Waals surface area contributed by atoms with Crippen LogP contribution < -0.4 is 9.62 Å². The van der Waals surface area contributed by atoms with Crippen molar-refractivity contribution in [2.45, 2.75) is 63.9 Å². The zero-order chi connectivity index (χ0) is 29.5. The van der Waals surface area contributed by atoms with Crippen molar-refractivity contribution in [3.8, 4) is 0 Å². The molecular formula is C31H38FN3O4S. The molecular weight excluding hydrogens is 529 g/mol. The van der Waals surface area contributed by atoms with Gasteiger partial charge in [0.05, 0.1) is 10.6 Å². The smallest absolute Gasteiger partial charge is 0.264 e. The van der Waals surface area contributed by atoms with Gasteiger partial charge in [0.2, 0.25) is 11.8 Å². The molecule has 3 rings (SSSR count). The number of halogens is 1. The van der Waals surface area contributed by atoms with Gasteiger partial charge in [-0.15, -0.1) is 0 Å². The molecule has 0 aromatic heterocycles. The van der Waals surface area contributed by atoms with E-state index in [-0.39, 0.29) is 23.0 Å². The van der Waals surface area contributed by atoms with E-state index in [1.54, 1.807) is 12.1 Å². The average Bonchev–Trinajstić information content (AvgIpc) is 2.90. The highest BCUT2D eigenvalue weighted by atomic mass is 32.2. The second kappa shape index (κ2) is 13.1. The van der Waals surface area contributed by atoms with Crippen LogP contribution in [0.25, 0.3) is 0 Å². The first-order valence-electron chi connectivity index (χ1n) is 13.3. The first kappa shape index (κ1) is 30.8. The minimum Gasteiger partial charge on any atom is -0.350 e. The lowest BCUT2D eigenvalue weighted by molar-refractivity contribution is -0.140. The Kier molecular flexibility index (Phi) is 10.1. The lowest BCUT2D eigenvalue weighted by atomic mass is 10.1. The molecule has 3 aromatic rings. The first-order valence-corrected chi connectivity index (χ1v) is 14.8. The van der Waals surface area contributed by atoms with Gasteiger partial charge >= 0.3 is 0 Å². The summed E-state index contributed by atoms with van der Waals surface area (Å²) in [6.07, 6.45) is 0.816. The van der Waals surface area contributed by atoms with Gasteiger partial charge in [-0.05, 0) is 82.5 Å². The van der Waals surface area contributed by atoms with Gasteiger partial charge in [-0.3, -0.25) is 13.9 Å². The molecule has 0 heterocycles. The molecule has 7 nitrogen and oxygen atoms in total. The largest absolute Gasteiger partial charge is 0.350 e. The second-order valence-corrected chi connectivity index (χ2v) is 12.6. The van der Waals surface area contributed by atoms with Crippen LogP contribution in [-0.2, 0) is 26.0 Å². The summed E-state index contributed by atoms with van der Waals surface area (Å²) < 4.78 is 42.3. The number of hydrogen-bond donors (Lipinski definition) is 1. The third kappa shape index (κ3) is 8.14. The Bertz CT molecular complexity index is 1390. The normalized spacial score (nSPS) is 12.4. The summed E-state index contributed by atoms with van der Waals surface area (Å²) in [4.78, 5) is 28.8. The van der Waals surface area contributed by atoms with E-state index in [0.717, 1.165) is 27.6 Å². The van der Waals surface area contributed by atoms with Gasteiger partial charge in [-0.1, -0.05) is 55.0 Å². The van der Waals surface area contributed by atoms with Crippen molar-refractivity contribution in [3.63, 3.8) is 0 Å². The Balaban J connectivity index is 2.01. The van der Waals surface area contributed by atoms with Gasteiger partial charge < -0.3 is 10.2 Å². The van der Waals surface area contributed by atoms with Crippen LogP contribution in [0.2, 0.25) is 0 Å². The van der Waals surface area contributed by atoms with Gasteiger partial charge in [-0.2, -0.15) is 0 Å². The van der Waals surface area contributed by atoms with E-state index in [2.05, 4.69) is 5.32 Å². The maximum atomic E-state index is 14.0. The number of aryl methyl sites for hydroxylation is 1. The van der Waals surface area contributed by atoms with E-state index in [1.807, 2.05) is 65.0 Å². The summed E-state index contributed by atoms with van der Waals surface area (Å²) >= 11 is 0. The Morgan fingerprint density at radius 3 is 2.08 bits per heavy atom. The van der Waals surface area contributed by atoms with Crippen molar-refractivity contribution in [3.05, 3.63) is 95.8 Å². The van der Waals surface area contributed by atoms with E-state index < -0.39 is 39.9 Å². The number of carbonyl (C=O) groups is 2. The minimum atomic E-state index is -4.20. The molecule has 0 aliphatic heterocycles. The van der Waals surface area contributed by atoms with Crippen LogP contribution in [0.1, 0.15) is 45.2 Å². The lowest BCUT2D eigenvalue weighted by Gasteiger charge is -2.34. The van der Waals surface area contributed by atoms with Crippen molar-refractivity contribution < 1.29 is 22.4 Å². The Morgan fingerprint density at radius 2 is 1.52 bits per heavy atom. The molecule has 0 aliphatic carbocycles. The van der Waals surface area contributed by atoms with Gasteiger partial charge in [0.1, 0.15) is 18.4 Å². The van der Waals surface area contributed by atoms with Gasteiger partial charge in [0.15, 0.2) is 0 Å². The van der Waals surface area contributed by atoms with Crippen LogP contribution in [0, 0.1) is 12.7 Å². The van der Waals surface area contributed by atoms with Crippen LogP contribution in [0.15, 0.2) is 83.8 Å². The summed E-state index contributed by atoms with van der Waals surface area (Å²) in [5, 5.41) is 2.95. The summed E-state index contributed by atoms with van der Waals surface area (Å²) in [5.74, 6) is -1.38. The number of rotatable bonds is 11. The molecule has 214 valence electrons. The Morgan fingerprint density at radius 1 is 0.925 bits per heavy atom. The number of hydrogen-bond acceptors (Lipinski definition) is 4. The molecule has 0 bridgehead atoms. The lowest BCUT2D eigenvalue weighted by Crippen LogP contribution is -2.56. The van der Waals surface area contributed by atoms with Crippen LogP contribution in [-0.4, -0.2) is 49.8 Å². The predicted octanol–water partition coefficient (Wildman–Crippen LogP) is 5.09. The molecule has 3 aromatic carbocycles. The van der Waals surface area contributed by atoms with Crippen LogP contribution in [0.5, 0.6) is 0 Å². The number of sulfonamides is 1. The fraction of sp³-hybridized carbons (Fsp3) is 0.355. The predicted molar refractivity (Wildman–Crippen MR) is 156 cm³/mol. The van der Waals surface area contributed by atoms with Crippen molar-refractivity contribution >= 4 is 27.5 Å². The van der Waals surface area contributed by atoms with Crippen LogP contribution >= 0.6 is 0 Å². The standard InChI is InChI=1S/C31H38FN3O4S/c1-6-28(30(37)33-31(3,4)5)34(21-20-24-10-8-7-9-11-24)29(36)22-35(26-16-14-25(32)15-17-26)40(38,39)27-18-12-23(2)13-19-27/h7-19,28H,6,20-22H2,1-5H3,(H,33,37)/t28-/m0/s1. The molecule has 40 heavy (non-hydrogen) atoms. The minimum absolute atomic E-state index is 0.00331. The summed E-state index contributed by atoms with van der Waals surface area (Å²) in [6.45, 7) is 8.89. The van der Waals surface area contributed by atoms with Crippen molar-refractivity contribution in [1.29, 1.82) is 0 Å². The number of amides is 2.